The minimum atomic E-state index is -0.114. The van der Waals surface area contributed by atoms with E-state index in [2.05, 4.69) is 26.1 Å². The second-order valence-electron chi connectivity index (χ2n) is 7.61. The Morgan fingerprint density at radius 1 is 1.19 bits per heavy atom. The van der Waals surface area contributed by atoms with Crippen LogP contribution in [-0.4, -0.2) is 41.9 Å². The first-order valence-electron chi connectivity index (χ1n) is 8.11. The monoisotopic (exact) mass is 295 g/mol. The van der Waals surface area contributed by atoms with Gasteiger partial charge in [0.15, 0.2) is 0 Å². The van der Waals surface area contributed by atoms with E-state index < -0.39 is 0 Å². The quantitative estimate of drug-likeness (QED) is 0.820. The zero-order valence-corrected chi connectivity index (χ0v) is 13.5. The Morgan fingerprint density at radius 2 is 1.76 bits per heavy atom. The lowest BCUT2D eigenvalue weighted by molar-refractivity contribution is -0.133. The molecule has 2 fully saturated rings. The molecule has 1 unspecified atom stereocenters. The zero-order chi connectivity index (χ0) is 15.6. The first-order chi connectivity index (χ1) is 9.77. The lowest BCUT2D eigenvalue weighted by Gasteiger charge is -2.34. The Balaban J connectivity index is 1.72. The van der Waals surface area contributed by atoms with Crippen LogP contribution in [-0.2, 0) is 9.59 Å². The second kappa shape index (κ2) is 6.34. The van der Waals surface area contributed by atoms with Gasteiger partial charge in [-0.15, -0.1) is 0 Å². The first-order valence-corrected chi connectivity index (χ1v) is 8.11. The van der Waals surface area contributed by atoms with Crippen LogP contribution in [0.3, 0.4) is 0 Å². The molecule has 5 heteroatoms. The van der Waals surface area contributed by atoms with E-state index in [0.29, 0.717) is 6.42 Å². The van der Waals surface area contributed by atoms with Crippen molar-refractivity contribution in [1.82, 2.24) is 10.2 Å². The lowest BCUT2D eigenvalue weighted by atomic mass is 9.85. The molecule has 1 aliphatic carbocycles. The van der Waals surface area contributed by atoms with Gasteiger partial charge in [0.05, 0.1) is 0 Å². The molecule has 3 N–H and O–H groups in total. The highest BCUT2D eigenvalue weighted by Gasteiger charge is 2.32. The van der Waals surface area contributed by atoms with E-state index in [0.717, 1.165) is 38.8 Å². The van der Waals surface area contributed by atoms with Gasteiger partial charge in [0.2, 0.25) is 11.8 Å². The first kappa shape index (κ1) is 16.3. The molecule has 2 rings (SSSR count). The van der Waals surface area contributed by atoms with Gasteiger partial charge in [0.1, 0.15) is 0 Å². The number of rotatable bonds is 4. The van der Waals surface area contributed by atoms with E-state index in [1.807, 2.05) is 4.90 Å². The maximum Gasteiger partial charge on any atom is 0.224 e. The Bertz CT molecular complexity index is 391. The summed E-state index contributed by atoms with van der Waals surface area (Å²) >= 11 is 0. The number of piperidine rings is 1. The van der Waals surface area contributed by atoms with Crippen LogP contribution in [0.15, 0.2) is 0 Å². The third kappa shape index (κ3) is 4.70. The molecule has 0 bridgehead atoms. The van der Waals surface area contributed by atoms with Crippen LogP contribution in [0.1, 0.15) is 52.9 Å². The molecule has 0 radical (unpaired) electrons. The standard InChI is InChI=1S/C16H29N3O2/c1-16(2,3)13(17)10-14(20)19-8-6-12(7-9-19)18-15(21)11-4-5-11/h11-13H,4-10,17H2,1-3H3,(H,18,21). The van der Waals surface area contributed by atoms with Crippen molar-refractivity contribution >= 4 is 11.8 Å². The Morgan fingerprint density at radius 3 is 2.24 bits per heavy atom. The highest BCUT2D eigenvalue weighted by Crippen LogP contribution is 2.29. The minimum absolute atomic E-state index is 0.0494. The van der Waals surface area contributed by atoms with Crippen LogP contribution in [0, 0.1) is 11.3 Å². The number of nitrogens with zero attached hydrogens (tertiary/aromatic N) is 1. The molecule has 1 heterocycles. The molecule has 0 aromatic rings. The number of nitrogens with one attached hydrogen (secondary N) is 1. The van der Waals surface area contributed by atoms with Gasteiger partial charge in [-0.05, 0) is 31.1 Å². The molecule has 1 aliphatic heterocycles. The summed E-state index contributed by atoms with van der Waals surface area (Å²) in [6.07, 6.45) is 4.19. The Labute approximate surface area is 127 Å². The fraction of sp³-hybridized carbons (Fsp3) is 0.875. The highest BCUT2D eigenvalue weighted by atomic mass is 16.2. The molecule has 2 aliphatic rings. The summed E-state index contributed by atoms with van der Waals surface area (Å²) in [5.74, 6) is 0.605. The van der Waals surface area contributed by atoms with Crippen LogP contribution < -0.4 is 11.1 Å². The molecule has 2 amide bonds. The Hall–Kier alpha value is -1.10. The molecule has 1 saturated carbocycles. The van der Waals surface area contributed by atoms with Crippen LogP contribution in [0.4, 0.5) is 0 Å². The van der Waals surface area contributed by atoms with E-state index in [9.17, 15) is 9.59 Å². The number of likely N-dealkylation sites (tertiary alicyclic amines) is 1. The van der Waals surface area contributed by atoms with Crippen molar-refractivity contribution in [1.29, 1.82) is 0 Å². The van der Waals surface area contributed by atoms with Crippen molar-refractivity contribution in [3.8, 4) is 0 Å². The van der Waals surface area contributed by atoms with Crippen LogP contribution in [0.5, 0.6) is 0 Å². The highest BCUT2D eigenvalue weighted by molar-refractivity contribution is 5.81. The molecule has 0 spiro atoms. The molecule has 1 atom stereocenters. The molecular weight excluding hydrogens is 266 g/mol. The van der Waals surface area contributed by atoms with E-state index in [-0.39, 0.29) is 35.2 Å². The van der Waals surface area contributed by atoms with Crippen molar-refractivity contribution in [2.24, 2.45) is 17.1 Å². The predicted octanol–water partition coefficient (Wildman–Crippen LogP) is 1.27. The molecule has 1 saturated heterocycles. The van der Waals surface area contributed by atoms with Gasteiger partial charge in [0.25, 0.3) is 0 Å². The van der Waals surface area contributed by atoms with Crippen molar-refractivity contribution in [2.75, 3.05) is 13.1 Å². The molecule has 5 nitrogen and oxygen atoms in total. The van der Waals surface area contributed by atoms with Gasteiger partial charge in [-0.3, -0.25) is 9.59 Å². The SMILES string of the molecule is CC(C)(C)C(N)CC(=O)N1CCC(NC(=O)C2CC2)CC1. The molecular formula is C16H29N3O2. The topological polar surface area (TPSA) is 75.4 Å². The van der Waals surface area contributed by atoms with Crippen molar-refractivity contribution in [2.45, 2.75) is 65.0 Å². The average Bonchev–Trinajstić information content (AvgIpc) is 3.22. The summed E-state index contributed by atoms with van der Waals surface area (Å²) < 4.78 is 0. The average molecular weight is 295 g/mol. The summed E-state index contributed by atoms with van der Waals surface area (Å²) in [6, 6.07) is 0.121. The number of carbonyl (C=O) groups is 2. The van der Waals surface area contributed by atoms with Gasteiger partial charge < -0.3 is 16.0 Å². The zero-order valence-electron chi connectivity index (χ0n) is 13.5. The third-order valence-corrected chi connectivity index (χ3v) is 4.65. The molecule has 21 heavy (non-hydrogen) atoms. The van der Waals surface area contributed by atoms with E-state index in [4.69, 9.17) is 5.73 Å². The normalized spacial score (nSPS) is 22.0. The van der Waals surface area contributed by atoms with Crippen molar-refractivity contribution in [3.63, 3.8) is 0 Å². The van der Waals surface area contributed by atoms with Crippen molar-refractivity contribution in [3.05, 3.63) is 0 Å². The summed E-state index contributed by atoms with van der Waals surface area (Å²) in [5, 5.41) is 3.10. The van der Waals surface area contributed by atoms with Crippen molar-refractivity contribution < 1.29 is 9.59 Å². The van der Waals surface area contributed by atoms with Crippen LogP contribution >= 0.6 is 0 Å². The fourth-order valence-electron chi connectivity index (χ4n) is 2.56. The van der Waals surface area contributed by atoms with Gasteiger partial charge >= 0.3 is 0 Å². The maximum absolute atomic E-state index is 12.3. The van der Waals surface area contributed by atoms with Gasteiger partial charge in [0, 0.05) is 37.5 Å². The second-order valence-corrected chi connectivity index (χ2v) is 7.61. The summed E-state index contributed by atoms with van der Waals surface area (Å²) in [6.45, 7) is 7.64. The predicted molar refractivity (Wildman–Crippen MR) is 82.5 cm³/mol. The number of carbonyl (C=O) groups excluding carboxylic acids is 2. The van der Waals surface area contributed by atoms with Gasteiger partial charge in [-0.2, -0.15) is 0 Å². The summed E-state index contributed by atoms with van der Waals surface area (Å²) in [7, 11) is 0. The number of amides is 2. The maximum atomic E-state index is 12.3. The summed E-state index contributed by atoms with van der Waals surface area (Å²) in [5.41, 5.74) is 6.04. The number of hydrogen-bond donors (Lipinski definition) is 2. The lowest BCUT2D eigenvalue weighted by Crippen LogP contribution is -2.48. The molecule has 0 aromatic carbocycles. The summed E-state index contributed by atoms with van der Waals surface area (Å²) in [4.78, 5) is 25.9. The minimum Gasteiger partial charge on any atom is -0.353 e. The largest absolute Gasteiger partial charge is 0.353 e. The number of hydrogen-bond acceptors (Lipinski definition) is 3. The van der Waals surface area contributed by atoms with Crippen LogP contribution in [0.25, 0.3) is 0 Å². The third-order valence-electron chi connectivity index (χ3n) is 4.65. The molecule has 0 aromatic heterocycles. The fourth-order valence-corrected chi connectivity index (χ4v) is 2.56. The van der Waals surface area contributed by atoms with Gasteiger partial charge in [-0.25, -0.2) is 0 Å². The van der Waals surface area contributed by atoms with E-state index in [1.165, 1.54) is 0 Å². The van der Waals surface area contributed by atoms with Gasteiger partial charge in [-0.1, -0.05) is 20.8 Å². The van der Waals surface area contributed by atoms with Crippen LogP contribution in [0.2, 0.25) is 0 Å². The van der Waals surface area contributed by atoms with E-state index in [1.54, 1.807) is 0 Å². The Kier molecular flexibility index (Phi) is 4.91. The molecule has 120 valence electrons. The van der Waals surface area contributed by atoms with E-state index >= 15 is 0 Å². The smallest absolute Gasteiger partial charge is 0.224 e. The number of nitrogens with two attached hydrogens (primary N) is 1.